The molecule has 3 N–H and O–H groups in total. The van der Waals surface area contributed by atoms with Crippen LogP contribution in [0.25, 0.3) is 0 Å². The molecular formula is C10H12N4O. The molecule has 15 heavy (non-hydrogen) atoms. The van der Waals surface area contributed by atoms with Gasteiger partial charge in [-0.3, -0.25) is 4.79 Å². The van der Waals surface area contributed by atoms with Crippen molar-refractivity contribution in [3.05, 3.63) is 23.9 Å². The van der Waals surface area contributed by atoms with Gasteiger partial charge in [0, 0.05) is 18.7 Å². The number of anilines is 1. The number of nitrogens with one attached hydrogen (secondary N) is 1. The number of nitrogens with two attached hydrogens (primary N) is 1. The minimum absolute atomic E-state index is 0.135. The maximum absolute atomic E-state index is 10.7. The minimum atomic E-state index is -0.385. The molecule has 0 spiro atoms. The molecule has 1 amide bonds. The van der Waals surface area contributed by atoms with Gasteiger partial charge < -0.3 is 11.1 Å². The van der Waals surface area contributed by atoms with Crippen LogP contribution in [0.3, 0.4) is 0 Å². The first-order valence-corrected chi connectivity index (χ1v) is 4.53. The fraction of sp³-hybridized carbons (Fsp3) is 0.300. The number of amides is 1. The van der Waals surface area contributed by atoms with Crippen LogP contribution in [0, 0.1) is 11.3 Å². The van der Waals surface area contributed by atoms with E-state index in [1.165, 1.54) is 0 Å². The number of rotatable bonds is 4. The number of nitrogens with zero attached hydrogens (tertiary/aromatic N) is 2. The van der Waals surface area contributed by atoms with Gasteiger partial charge in [0.2, 0.25) is 5.91 Å². The van der Waals surface area contributed by atoms with Crippen molar-refractivity contribution in [1.82, 2.24) is 4.98 Å². The molecule has 0 bridgehead atoms. The zero-order valence-corrected chi connectivity index (χ0v) is 8.40. The van der Waals surface area contributed by atoms with Gasteiger partial charge in [0.15, 0.2) is 0 Å². The molecule has 0 aliphatic carbocycles. The first-order chi connectivity index (χ1) is 7.13. The monoisotopic (exact) mass is 204 g/mol. The second-order valence-electron chi connectivity index (χ2n) is 3.23. The van der Waals surface area contributed by atoms with Gasteiger partial charge in [0.1, 0.15) is 11.9 Å². The molecule has 0 saturated carbocycles. The molecule has 1 atom stereocenters. The Balaban J connectivity index is 2.72. The van der Waals surface area contributed by atoms with Crippen LogP contribution in [-0.4, -0.2) is 16.9 Å². The molecule has 1 rings (SSSR count). The molecule has 0 saturated heterocycles. The molecule has 0 fully saturated rings. The molecule has 1 aromatic heterocycles. The van der Waals surface area contributed by atoms with Crippen LogP contribution < -0.4 is 11.1 Å². The minimum Gasteiger partial charge on any atom is -0.370 e. The SMILES string of the molecule is CC(CC(N)=O)Nc1ncccc1C#N. The molecule has 0 aliphatic heterocycles. The van der Waals surface area contributed by atoms with Gasteiger partial charge in [-0.15, -0.1) is 0 Å². The predicted octanol–water partition coefficient (Wildman–Crippen LogP) is 0.629. The van der Waals surface area contributed by atoms with Crippen LogP contribution in [-0.2, 0) is 4.79 Å². The van der Waals surface area contributed by atoms with Crippen molar-refractivity contribution >= 4 is 11.7 Å². The molecule has 0 aliphatic rings. The van der Waals surface area contributed by atoms with E-state index in [0.717, 1.165) is 0 Å². The second-order valence-corrected chi connectivity index (χ2v) is 3.23. The van der Waals surface area contributed by atoms with E-state index in [0.29, 0.717) is 11.4 Å². The average Bonchev–Trinajstić information content (AvgIpc) is 2.17. The number of nitriles is 1. The number of hydrogen-bond donors (Lipinski definition) is 2. The van der Waals surface area contributed by atoms with E-state index in [2.05, 4.69) is 10.3 Å². The lowest BCUT2D eigenvalue weighted by Gasteiger charge is -2.13. The molecule has 5 heteroatoms. The lowest BCUT2D eigenvalue weighted by atomic mass is 10.2. The van der Waals surface area contributed by atoms with Crippen LogP contribution in [0.2, 0.25) is 0 Å². The van der Waals surface area contributed by atoms with Crippen LogP contribution >= 0.6 is 0 Å². The van der Waals surface area contributed by atoms with E-state index in [1.807, 2.05) is 6.07 Å². The van der Waals surface area contributed by atoms with E-state index >= 15 is 0 Å². The van der Waals surface area contributed by atoms with Crippen molar-refractivity contribution in [1.29, 1.82) is 5.26 Å². The number of primary amides is 1. The summed E-state index contributed by atoms with van der Waals surface area (Å²) < 4.78 is 0. The molecule has 0 radical (unpaired) electrons. The van der Waals surface area contributed by atoms with E-state index in [1.54, 1.807) is 25.3 Å². The Hall–Kier alpha value is -2.09. The summed E-state index contributed by atoms with van der Waals surface area (Å²) in [5.74, 6) is 0.0955. The average molecular weight is 204 g/mol. The summed E-state index contributed by atoms with van der Waals surface area (Å²) in [5.41, 5.74) is 5.51. The smallest absolute Gasteiger partial charge is 0.219 e. The summed E-state index contributed by atoms with van der Waals surface area (Å²) in [5, 5.41) is 11.7. The Bertz CT molecular complexity index is 397. The summed E-state index contributed by atoms with van der Waals surface area (Å²) >= 11 is 0. The molecule has 0 aromatic carbocycles. The Kier molecular flexibility index (Phi) is 3.63. The Morgan fingerprint density at radius 1 is 1.80 bits per heavy atom. The first kappa shape index (κ1) is 11.0. The summed E-state index contributed by atoms with van der Waals surface area (Å²) in [6.07, 6.45) is 1.79. The third-order valence-corrected chi connectivity index (χ3v) is 1.82. The zero-order valence-electron chi connectivity index (χ0n) is 8.40. The van der Waals surface area contributed by atoms with E-state index in [4.69, 9.17) is 11.0 Å². The number of carbonyl (C=O) groups is 1. The van der Waals surface area contributed by atoms with Crippen LogP contribution in [0.15, 0.2) is 18.3 Å². The third-order valence-electron chi connectivity index (χ3n) is 1.82. The summed E-state index contributed by atoms with van der Waals surface area (Å²) in [6, 6.07) is 5.22. The van der Waals surface area contributed by atoms with Crippen molar-refractivity contribution < 1.29 is 4.79 Å². The van der Waals surface area contributed by atoms with Crippen LogP contribution in [0.5, 0.6) is 0 Å². The Morgan fingerprint density at radius 3 is 3.13 bits per heavy atom. The maximum Gasteiger partial charge on any atom is 0.219 e. The van der Waals surface area contributed by atoms with Crippen LogP contribution in [0.1, 0.15) is 18.9 Å². The third kappa shape index (κ3) is 3.27. The van der Waals surface area contributed by atoms with E-state index in [-0.39, 0.29) is 18.4 Å². The second kappa shape index (κ2) is 4.96. The van der Waals surface area contributed by atoms with Crippen molar-refractivity contribution in [2.24, 2.45) is 5.73 Å². The normalized spacial score (nSPS) is 11.5. The molecule has 78 valence electrons. The largest absolute Gasteiger partial charge is 0.370 e. The van der Waals surface area contributed by atoms with Gasteiger partial charge in [-0.1, -0.05) is 0 Å². The predicted molar refractivity (Wildman–Crippen MR) is 55.8 cm³/mol. The van der Waals surface area contributed by atoms with Crippen molar-refractivity contribution in [3.63, 3.8) is 0 Å². The Labute approximate surface area is 87.9 Å². The topological polar surface area (TPSA) is 91.8 Å². The highest BCUT2D eigenvalue weighted by atomic mass is 16.1. The van der Waals surface area contributed by atoms with Gasteiger partial charge in [0.25, 0.3) is 0 Å². The summed E-state index contributed by atoms with van der Waals surface area (Å²) in [4.78, 5) is 14.7. The highest BCUT2D eigenvalue weighted by molar-refractivity contribution is 5.74. The van der Waals surface area contributed by atoms with Gasteiger partial charge in [-0.25, -0.2) is 4.98 Å². The number of pyridine rings is 1. The molecular weight excluding hydrogens is 192 g/mol. The zero-order chi connectivity index (χ0) is 11.3. The molecule has 1 heterocycles. The summed E-state index contributed by atoms with van der Waals surface area (Å²) in [7, 11) is 0. The highest BCUT2D eigenvalue weighted by Gasteiger charge is 2.08. The maximum atomic E-state index is 10.7. The van der Waals surface area contributed by atoms with Gasteiger partial charge >= 0.3 is 0 Å². The van der Waals surface area contributed by atoms with Gasteiger partial charge in [-0.05, 0) is 19.1 Å². The van der Waals surface area contributed by atoms with Gasteiger partial charge in [0.05, 0.1) is 5.56 Å². The lowest BCUT2D eigenvalue weighted by molar-refractivity contribution is -0.118. The molecule has 5 nitrogen and oxygen atoms in total. The van der Waals surface area contributed by atoms with Crippen molar-refractivity contribution in [2.75, 3.05) is 5.32 Å². The lowest BCUT2D eigenvalue weighted by Crippen LogP contribution is -2.24. The Morgan fingerprint density at radius 2 is 2.53 bits per heavy atom. The van der Waals surface area contributed by atoms with Crippen molar-refractivity contribution in [2.45, 2.75) is 19.4 Å². The standard InChI is InChI=1S/C10H12N4O/c1-7(5-9(12)15)14-10-8(6-11)3-2-4-13-10/h2-4,7H,5H2,1H3,(H2,12,15)(H,13,14). The first-order valence-electron chi connectivity index (χ1n) is 4.53. The van der Waals surface area contributed by atoms with Crippen molar-refractivity contribution in [3.8, 4) is 6.07 Å². The quantitative estimate of drug-likeness (QED) is 0.752. The molecule has 1 unspecified atom stereocenters. The fourth-order valence-electron chi connectivity index (χ4n) is 1.20. The summed E-state index contributed by atoms with van der Waals surface area (Å²) in [6.45, 7) is 1.81. The van der Waals surface area contributed by atoms with Gasteiger partial charge in [-0.2, -0.15) is 5.26 Å². The number of hydrogen-bond acceptors (Lipinski definition) is 4. The number of carbonyl (C=O) groups excluding carboxylic acids is 1. The van der Waals surface area contributed by atoms with E-state index < -0.39 is 0 Å². The number of aromatic nitrogens is 1. The van der Waals surface area contributed by atoms with E-state index in [9.17, 15) is 4.79 Å². The molecule has 1 aromatic rings. The highest BCUT2D eigenvalue weighted by Crippen LogP contribution is 2.11. The van der Waals surface area contributed by atoms with Crippen LogP contribution in [0.4, 0.5) is 5.82 Å². The fourth-order valence-corrected chi connectivity index (χ4v) is 1.20.